The van der Waals surface area contributed by atoms with Crippen LogP contribution in [0.3, 0.4) is 0 Å². The maximum absolute atomic E-state index is 11.5. The molecule has 4 aromatic rings. The number of nitro benzene ring substituents is 1. The van der Waals surface area contributed by atoms with Gasteiger partial charge in [0.25, 0.3) is 0 Å². The second-order valence-electron chi connectivity index (χ2n) is 6.13. The Hall–Kier alpha value is -3.87. The predicted molar refractivity (Wildman–Crippen MR) is 105 cm³/mol. The van der Waals surface area contributed by atoms with Crippen LogP contribution in [0, 0.1) is 10.1 Å². The molecule has 0 aliphatic carbocycles. The monoisotopic (exact) mass is 372 g/mol. The summed E-state index contributed by atoms with van der Waals surface area (Å²) < 4.78 is 5.93. The van der Waals surface area contributed by atoms with Gasteiger partial charge in [0.1, 0.15) is 0 Å². The lowest BCUT2D eigenvalue weighted by molar-refractivity contribution is -0.385. The van der Waals surface area contributed by atoms with E-state index in [-0.39, 0.29) is 17.3 Å². The summed E-state index contributed by atoms with van der Waals surface area (Å²) in [6.45, 7) is 1.94. The maximum atomic E-state index is 11.5. The minimum absolute atomic E-state index is 0.0926. The molecule has 7 heteroatoms. The summed E-state index contributed by atoms with van der Waals surface area (Å²) in [4.78, 5) is 24.3. The van der Waals surface area contributed by atoms with Gasteiger partial charge in [-0.05, 0) is 42.3 Å². The molecule has 2 heterocycles. The van der Waals surface area contributed by atoms with E-state index < -0.39 is 4.92 Å². The van der Waals surface area contributed by atoms with E-state index in [1.54, 1.807) is 24.5 Å². The highest BCUT2D eigenvalue weighted by molar-refractivity contribution is 5.85. The number of hydrogen-bond donors (Lipinski definition) is 0. The van der Waals surface area contributed by atoms with Gasteiger partial charge in [0.2, 0.25) is 11.6 Å². The number of para-hydroxylation sites is 1. The third kappa shape index (κ3) is 3.37. The summed E-state index contributed by atoms with van der Waals surface area (Å²) in [6.07, 6.45) is 4.02. The molecule has 0 fully saturated rings. The van der Waals surface area contributed by atoms with Crippen molar-refractivity contribution in [2.75, 3.05) is 0 Å². The van der Waals surface area contributed by atoms with Gasteiger partial charge in [-0.3, -0.25) is 15.1 Å². The Kier molecular flexibility index (Phi) is 4.63. The van der Waals surface area contributed by atoms with Gasteiger partial charge in [0, 0.05) is 24.0 Å². The van der Waals surface area contributed by atoms with Crippen LogP contribution in [0.2, 0.25) is 0 Å². The average molecular weight is 372 g/mol. The van der Waals surface area contributed by atoms with Crippen LogP contribution < -0.4 is 4.74 Å². The Morgan fingerprint density at radius 3 is 2.68 bits per heavy atom. The second-order valence-corrected chi connectivity index (χ2v) is 6.13. The minimum Gasteiger partial charge on any atom is -0.431 e. The normalized spacial score (nSPS) is 10.8. The Morgan fingerprint density at radius 2 is 1.93 bits per heavy atom. The molecule has 0 N–H and O–H groups in total. The molecule has 0 aliphatic rings. The van der Waals surface area contributed by atoms with E-state index in [9.17, 15) is 10.1 Å². The molecule has 138 valence electrons. The van der Waals surface area contributed by atoms with Gasteiger partial charge in [-0.25, -0.2) is 4.98 Å². The van der Waals surface area contributed by atoms with Crippen molar-refractivity contribution in [3.8, 4) is 23.0 Å². The molecule has 0 saturated carbocycles. The highest BCUT2D eigenvalue weighted by atomic mass is 16.6. The fraction of sp³-hybridized carbons (Fsp3) is 0.0952. The largest absolute Gasteiger partial charge is 0.431 e. The summed E-state index contributed by atoms with van der Waals surface area (Å²) in [6, 6.07) is 16.0. The number of pyridine rings is 1. The molecule has 4 rings (SSSR count). The molecule has 0 aliphatic heterocycles. The molecular weight excluding hydrogens is 356 g/mol. The van der Waals surface area contributed by atoms with Crippen molar-refractivity contribution in [1.82, 2.24) is 15.0 Å². The molecule has 0 bridgehead atoms. The summed E-state index contributed by atoms with van der Waals surface area (Å²) in [7, 11) is 0. The highest BCUT2D eigenvalue weighted by Gasteiger charge is 2.19. The van der Waals surface area contributed by atoms with Crippen LogP contribution in [0.15, 0.2) is 67.0 Å². The molecule has 28 heavy (non-hydrogen) atoms. The number of benzene rings is 2. The van der Waals surface area contributed by atoms with E-state index in [1.165, 1.54) is 6.07 Å². The van der Waals surface area contributed by atoms with E-state index in [0.717, 1.165) is 11.1 Å². The quantitative estimate of drug-likeness (QED) is 0.363. The predicted octanol–water partition coefficient (Wildman–Crippen LogP) is 4.95. The molecule has 0 unspecified atom stereocenters. The fourth-order valence-electron chi connectivity index (χ4n) is 2.87. The van der Waals surface area contributed by atoms with Crippen molar-refractivity contribution >= 4 is 16.6 Å². The SMILES string of the molecule is CCc1ccc(Oc2nc(-c3cccnc3)nc3ccccc23)c([N+](=O)[O-])c1. The average Bonchev–Trinajstić information content (AvgIpc) is 2.74. The Balaban J connectivity index is 1.86. The minimum atomic E-state index is -0.445. The maximum Gasteiger partial charge on any atom is 0.311 e. The van der Waals surface area contributed by atoms with Crippen LogP contribution >= 0.6 is 0 Å². The third-order valence-corrected chi connectivity index (χ3v) is 4.32. The summed E-state index contributed by atoms with van der Waals surface area (Å²) >= 11 is 0. The zero-order valence-electron chi connectivity index (χ0n) is 15.1. The van der Waals surface area contributed by atoms with E-state index in [4.69, 9.17) is 4.74 Å². The molecule has 0 amide bonds. The number of nitrogens with zero attached hydrogens (tertiary/aromatic N) is 4. The van der Waals surface area contributed by atoms with Crippen molar-refractivity contribution in [3.63, 3.8) is 0 Å². The first-order valence-electron chi connectivity index (χ1n) is 8.78. The molecule has 0 atom stereocenters. The number of aryl methyl sites for hydroxylation is 1. The lowest BCUT2D eigenvalue weighted by Gasteiger charge is -2.11. The lowest BCUT2D eigenvalue weighted by Crippen LogP contribution is -1.99. The van der Waals surface area contributed by atoms with Crippen LogP contribution in [0.5, 0.6) is 11.6 Å². The Bertz CT molecular complexity index is 1160. The molecule has 0 saturated heterocycles. The first-order valence-corrected chi connectivity index (χ1v) is 8.78. The topological polar surface area (TPSA) is 91.0 Å². The highest BCUT2D eigenvalue weighted by Crippen LogP contribution is 2.35. The molecular formula is C21H16N4O3. The van der Waals surface area contributed by atoms with Gasteiger partial charge < -0.3 is 4.74 Å². The van der Waals surface area contributed by atoms with Gasteiger partial charge in [-0.15, -0.1) is 0 Å². The molecule has 0 radical (unpaired) electrons. The second kappa shape index (κ2) is 7.40. The molecule has 2 aromatic carbocycles. The van der Waals surface area contributed by atoms with Crippen LogP contribution in [-0.2, 0) is 6.42 Å². The van der Waals surface area contributed by atoms with Crippen LogP contribution in [0.1, 0.15) is 12.5 Å². The number of rotatable bonds is 5. The Morgan fingerprint density at radius 1 is 1.07 bits per heavy atom. The van der Waals surface area contributed by atoms with E-state index in [1.807, 2.05) is 43.3 Å². The van der Waals surface area contributed by atoms with Crippen molar-refractivity contribution in [2.45, 2.75) is 13.3 Å². The van der Waals surface area contributed by atoms with Crippen molar-refractivity contribution in [1.29, 1.82) is 0 Å². The van der Waals surface area contributed by atoms with Crippen molar-refractivity contribution in [2.24, 2.45) is 0 Å². The van der Waals surface area contributed by atoms with E-state index in [2.05, 4.69) is 15.0 Å². The third-order valence-electron chi connectivity index (χ3n) is 4.32. The number of fused-ring (bicyclic) bond motifs is 1. The Labute approximate surface area is 160 Å². The zero-order valence-corrected chi connectivity index (χ0v) is 15.1. The van der Waals surface area contributed by atoms with Gasteiger partial charge in [0.15, 0.2) is 5.82 Å². The van der Waals surface area contributed by atoms with Crippen LogP contribution in [-0.4, -0.2) is 19.9 Å². The number of aromatic nitrogens is 3. The summed E-state index contributed by atoms with van der Waals surface area (Å²) in [5.41, 5.74) is 2.18. The molecule has 7 nitrogen and oxygen atoms in total. The van der Waals surface area contributed by atoms with Crippen LogP contribution in [0.4, 0.5) is 5.69 Å². The lowest BCUT2D eigenvalue weighted by atomic mass is 10.1. The molecule has 0 spiro atoms. The van der Waals surface area contributed by atoms with Crippen molar-refractivity contribution < 1.29 is 9.66 Å². The zero-order chi connectivity index (χ0) is 19.5. The van der Waals surface area contributed by atoms with Gasteiger partial charge >= 0.3 is 5.69 Å². The first-order chi connectivity index (χ1) is 13.7. The smallest absolute Gasteiger partial charge is 0.311 e. The van der Waals surface area contributed by atoms with Gasteiger partial charge in [-0.2, -0.15) is 4.98 Å². The van der Waals surface area contributed by atoms with E-state index in [0.29, 0.717) is 23.1 Å². The fourth-order valence-corrected chi connectivity index (χ4v) is 2.87. The number of ether oxygens (including phenoxy) is 1. The number of hydrogen-bond acceptors (Lipinski definition) is 6. The van der Waals surface area contributed by atoms with Crippen LogP contribution in [0.25, 0.3) is 22.3 Å². The standard InChI is InChI=1S/C21H16N4O3/c1-2-14-9-10-19(18(12-14)25(26)27)28-21-16-7-3-4-8-17(16)23-20(24-21)15-6-5-11-22-13-15/h3-13H,2H2,1H3. The van der Waals surface area contributed by atoms with Gasteiger partial charge in [-0.1, -0.05) is 25.1 Å². The van der Waals surface area contributed by atoms with Crippen molar-refractivity contribution in [3.05, 3.63) is 82.7 Å². The summed E-state index contributed by atoms with van der Waals surface area (Å²) in [5, 5.41) is 12.2. The molecule has 2 aromatic heterocycles. The van der Waals surface area contributed by atoms with Gasteiger partial charge in [0.05, 0.1) is 15.8 Å². The first kappa shape index (κ1) is 17.5. The van der Waals surface area contributed by atoms with E-state index >= 15 is 0 Å². The summed E-state index contributed by atoms with van der Waals surface area (Å²) in [5.74, 6) is 0.842. The number of nitro groups is 1.